The molecule has 0 radical (unpaired) electrons. The van der Waals surface area contributed by atoms with E-state index in [9.17, 15) is 13.2 Å². The number of rotatable bonds is 4. The lowest BCUT2D eigenvalue weighted by atomic mass is 10.0. The molecule has 0 unspecified atom stereocenters. The molecule has 0 bridgehead atoms. The lowest BCUT2D eigenvalue weighted by molar-refractivity contribution is -0.00781. The van der Waals surface area contributed by atoms with E-state index in [2.05, 4.69) is 0 Å². The number of hydrogen-bond donors (Lipinski definition) is 1. The Kier molecular flexibility index (Phi) is 4.86. The molecule has 1 aromatic carbocycles. The van der Waals surface area contributed by atoms with E-state index in [4.69, 9.17) is 14.6 Å². The molecule has 0 spiro atoms. The summed E-state index contributed by atoms with van der Waals surface area (Å²) in [5.74, 6) is 0.800. The fourth-order valence-corrected chi connectivity index (χ4v) is 2.61. The third-order valence-corrected chi connectivity index (χ3v) is 4.18. The van der Waals surface area contributed by atoms with Gasteiger partial charge < -0.3 is 14.4 Å². The van der Waals surface area contributed by atoms with E-state index in [-0.39, 0.29) is 16.9 Å². The number of sulfonamides is 1. The van der Waals surface area contributed by atoms with Gasteiger partial charge in [0.2, 0.25) is 10.0 Å². The lowest BCUT2D eigenvalue weighted by Gasteiger charge is -2.39. The Balaban J connectivity index is 1.76. The van der Waals surface area contributed by atoms with E-state index in [1.807, 2.05) is 20.8 Å². The van der Waals surface area contributed by atoms with Gasteiger partial charge in [0.25, 0.3) is 0 Å². The van der Waals surface area contributed by atoms with Crippen molar-refractivity contribution in [3.8, 4) is 5.75 Å². The van der Waals surface area contributed by atoms with E-state index in [1.165, 1.54) is 12.1 Å². The van der Waals surface area contributed by atoms with Gasteiger partial charge in [-0.05, 0) is 45.0 Å². The minimum Gasteiger partial charge on any atom is -0.493 e. The van der Waals surface area contributed by atoms with E-state index in [0.717, 1.165) is 0 Å². The van der Waals surface area contributed by atoms with Crippen molar-refractivity contribution in [1.29, 1.82) is 0 Å². The number of likely N-dealkylation sites (tertiary alicyclic amines) is 1. The molecule has 1 aromatic rings. The second kappa shape index (κ2) is 6.37. The van der Waals surface area contributed by atoms with Gasteiger partial charge in [-0.15, -0.1) is 0 Å². The third-order valence-electron chi connectivity index (χ3n) is 3.25. The van der Waals surface area contributed by atoms with Crippen molar-refractivity contribution in [3.05, 3.63) is 24.3 Å². The summed E-state index contributed by atoms with van der Waals surface area (Å²) >= 11 is 0. The van der Waals surface area contributed by atoms with E-state index >= 15 is 0 Å². The van der Waals surface area contributed by atoms with Crippen LogP contribution in [0.3, 0.4) is 0 Å². The molecule has 1 aliphatic heterocycles. The van der Waals surface area contributed by atoms with Crippen molar-refractivity contribution in [2.45, 2.75) is 31.3 Å². The van der Waals surface area contributed by atoms with Gasteiger partial charge in [-0.25, -0.2) is 18.4 Å². The zero-order valence-corrected chi connectivity index (χ0v) is 14.3. The standard InChI is InChI=1S/C15H22N2O5S/c1-15(2,3)22-14(18)17-8-11(9-17)10-21-12-4-6-13(7-5-12)23(16,19)20/h4-7,11H,8-10H2,1-3H3,(H2,16,19,20). The molecule has 1 fully saturated rings. The summed E-state index contributed by atoms with van der Waals surface area (Å²) in [6.45, 7) is 7.12. The first-order chi connectivity index (χ1) is 10.5. The molecule has 1 aliphatic rings. The highest BCUT2D eigenvalue weighted by atomic mass is 32.2. The quantitative estimate of drug-likeness (QED) is 0.895. The zero-order valence-electron chi connectivity index (χ0n) is 13.5. The van der Waals surface area contributed by atoms with Crippen LogP contribution in [0.4, 0.5) is 4.79 Å². The van der Waals surface area contributed by atoms with Crippen LogP contribution in [0.5, 0.6) is 5.75 Å². The Morgan fingerprint density at radius 3 is 2.30 bits per heavy atom. The summed E-state index contributed by atoms with van der Waals surface area (Å²) in [6, 6.07) is 5.92. The normalized spacial score (nSPS) is 15.9. The van der Waals surface area contributed by atoms with Crippen molar-refractivity contribution in [2.75, 3.05) is 19.7 Å². The first kappa shape index (κ1) is 17.6. The van der Waals surface area contributed by atoms with Crippen LogP contribution in [-0.4, -0.2) is 44.7 Å². The maximum atomic E-state index is 11.8. The molecule has 23 heavy (non-hydrogen) atoms. The number of nitrogens with two attached hydrogens (primary N) is 1. The van der Waals surface area contributed by atoms with Crippen LogP contribution < -0.4 is 9.88 Å². The summed E-state index contributed by atoms with van der Waals surface area (Å²) in [4.78, 5) is 13.5. The van der Waals surface area contributed by atoms with Crippen LogP contribution in [0.1, 0.15) is 20.8 Å². The van der Waals surface area contributed by atoms with Crippen molar-refractivity contribution >= 4 is 16.1 Å². The van der Waals surface area contributed by atoms with Crippen LogP contribution in [0, 0.1) is 5.92 Å². The molecule has 128 valence electrons. The number of primary sulfonamides is 1. The Bertz CT molecular complexity index is 658. The number of hydrogen-bond acceptors (Lipinski definition) is 5. The van der Waals surface area contributed by atoms with Gasteiger partial charge in [0.1, 0.15) is 11.4 Å². The average molecular weight is 342 g/mol. The van der Waals surface area contributed by atoms with Crippen LogP contribution in [0.15, 0.2) is 29.2 Å². The Morgan fingerprint density at radius 2 is 1.83 bits per heavy atom. The molecule has 0 atom stereocenters. The van der Waals surface area contributed by atoms with Crippen molar-refractivity contribution in [1.82, 2.24) is 4.90 Å². The molecular weight excluding hydrogens is 320 g/mol. The zero-order chi connectivity index (χ0) is 17.3. The molecule has 2 N–H and O–H groups in total. The highest BCUT2D eigenvalue weighted by Gasteiger charge is 2.34. The van der Waals surface area contributed by atoms with Crippen LogP contribution >= 0.6 is 0 Å². The predicted molar refractivity (Wildman–Crippen MR) is 84.6 cm³/mol. The number of ether oxygens (including phenoxy) is 2. The molecule has 1 heterocycles. The number of carbonyl (C=O) groups is 1. The fourth-order valence-electron chi connectivity index (χ4n) is 2.09. The van der Waals surface area contributed by atoms with Gasteiger partial charge in [0.05, 0.1) is 11.5 Å². The maximum absolute atomic E-state index is 11.8. The maximum Gasteiger partial charge on any atom is 0.410 e. The average Bonchev–Trinajstić information content (AvgIpc) is 2.34. The highest BCUT2D eigenvalue weighted by molar-refractivity contribution is 7.89. The third kappa shape index (κ3) is 5.11. The van der Waals surface area contributed by atoms with Crippen molar-refractivity contribution in [3.63, 3.8) is 0 Å². The molecule has 0 saturated carbocycles. The predicted octanol–water partition coefficient (Wildman–Crippen LogP) is 1.58. The minimum absolute atomic E-state index is 0.0459. The topological polar surface area (TPSA) is 98.9 Å². The number of carbonyl (C=O) groups excluding carboxylic acids is 1. The van der Waals surface area contributed by atoms with Gasteiger partial charge in [-0.1, -0.05) is 0 Å². The molecule has 7 nitrogen and oxygen atoms in total. The second-order valence-corrected chi connectivity index (χ2v) is 8.14. The molecule has 8 heteroatoms. The highest BCUT2D eigenvalue weighted by Crippen LogP contribution is 2.21. The summed E-state index contributed by atoms with van der Waals surface area (Å²) in [5, 5.41) is 5.03. The number of nitrogens with zero attached hydrogens (tertiary/aromatic N) is 1. The molecule has 0 aliphatic carbocycles. The molecule has 0 aromatic heterocycles. The minimum atomic E-state index is -3.69. The van der Waals surface area contributed by atoms with Crippen molar-refractivity contribution in [2.24, 2.45) is 11.1 Å². The summed E-state index contributed by atoms with van der Waals surface area (Å²) in [5.41, 5.74) is -0.496. The Morgan fingerprint density at radius 1 is 1.26 bits per heavy atom. The first-order valence-electron chi connectivity index (χ1n) is 7.28. The number of amides is 1. The van der Waals surface area contributed by atoms with E-state index < -0.39 is 15.6 Å². The first-order valence-corrected chi connectivity index (χ1v) is 8.83. The summed E-state index contributed by atoms with van der Waals surface area (Å²) in [6.07, 6.45) is -0.314. The summed E-state index contributed by atoms with van der Waals surface area (Å²) in [7, 11) is -3.69. The van der Waals surface area contributed by atoms with Gasteiger partial charge in [0, 0.05) is 19.0 Å². The molecule has 1 saturated heterocycles. The van der Waals surface area contributed by atoms with E-state index in [0.29, 0.717) is 25.4 Å². The lowest BCUT2D eigenvalue weighted by Crippen LogP contribution is -2.53. The van der Waals surface area contributed by atoms with Gasteiger partial charge in [-0.2, -0.15) is 0 Å². The van der Waals surface area contributed by atoms with Gasteiger partial charge >= 0.3 is 6.09 Å². The monoisotopic (exact) mass is 342 g/mol. The SMILES string of the molecule is CC(C)(C)OC(=O)N1CC(COc2ccc(S(N)(=O)=O)cc2)C1. The smallest absolute Gasteiger partial charge is 0.410 e. The Hall–Kier alpha value is -1.80. The molecule has 1 amide bonds. The van der Waals surface area contributed by atoms with Crippen molar-refractivity contribution < 1.29 is 22.7 Å². The van der Waals surface area contributed by atoms with Gasteiger partial charge in [-0.3, -0.25) is 0 Å². The number of benzene rings is 1. The Labute approximate surface area is 136 Å². The molecular formula is C15H22N2O5S. The summed E-state index contributed by atoms with van der Waals surface area (Å²) < 4.78 is 33.2. The van der Waals surface area contributed by atoms with Crippen LogP contribution in [0.25, 0.3) is 0 Å². The van der Waals surface area contributed by atoms with Gasteiger partial charge in [0.15, 0.2) is 0 Å². The second-order valence-electron chi connectivity index (χ2n) is 6.58. The van der Waals surface area contributed by atoms with Crippen LogP contribution in [0.2, 0.25) is 0 Å². The molecule has 2 rings (SSSR count). The van der Waals surface area contributed by atoms with E-state index in [1.54, 1.807) is 17.0 Å². The van der Waals surface area contributed by atoms with Crippen LogP contribution in [-0.2, 0) is 14.8 Å². The largest absolute Gasteiger partial charge is 0.493 e. The fraction of sp³-hybridized carbons (Fsp3) is 0.533.